The van der Waals surface area contributed by atoms with Crippen molar-refractivity contribution in [1.29, 1.82) is 0 Å². The Bertz CT molecular complexity index is 623. The summed E-state index contributed by atoms with van der Waals surface area (Å²) in [6.45, 7) is -0.134. The summed E-state index contributed by atoms with van der Waals surface area (Å²) >= 11 is 0. The van der Waals surface area contributed by atoms with Crippen molar-refractivity contribution < 1.29 is 23.5 Å². The van der Waals surface area contributed by atoms with E-state index in [-0.39, 0.29) is 24.1 Å². The first-order chi connectivity index (χ1) is 11.5. The maximum absolute atomic E-state index is 14.0. The quantitative estimate of drug-likeness (QED) is 0.896. The molecule has 1 aromatic rings. The highest BCUT2D eigenvalue weighted by Gasteiger charge is 2.44. The summed E-state index contributed by atoms with van der Waals surface area (Å²) in [6.07, 6.45) is 4.55. The van der Waals surface area contributed by atoms with Crippen molar-refractivity contribution in [3.63, 3.8) is 0 Å². The Morgan fingerprint density at radius 1 is 1.04 bits per heavy atom. The minimum absolute atomic E-state index is 0.0634. The molecule has 6 heteroatoms. The molecule has 3 rings (SSSR count). The highest BCUT2D eigenvalue weighted by atomic mass is 19.1. The van der Waals surface area contributed by atoms with Crippen LogP contribution in [0.4, 0.5) is 8.78 Å². The summed E-state index contributed by atoms with van der Waals surface area (Å²) in [6, 6.07) is 3.59. The molecule has 2 aliphatic carbocycles. The van der Waals surface area contributed by atoms with Gasteiger partial charge in [-0.15, -0.1) is 0 Å². The van der Waals surface area contributed by atoms with Crippen molar-refractivity contribution in [3.8, 4) is 0 Å². The normalized spacial score (nSPS) is 23.8. The summed E-state index contributed by atoms with van der Waals surface area (Å²) in [5.41, 5.74) is -0.121. The number of hydrogen-bond acceptors (Lipinski definition) is 2. The fraction of sp³-hybridized carbons (Fsp3) is 0.556. The van der Waals surface area contributed by atoms with E-state index in [1.165, 1.54) is 23.1 Å². The molecule has 1 N–H and O–H groups in total. The van der Waals surface area contributed by atoms with Gasteiger partial charge < -0.3 is 10.0 Å². The summed E-state index contributed by atoms with van der Waals surface area (Å²) in [7, 11) is 0. The topological polar surface area (TPSA) is 57.6 Å². The molecule has 2 atom stereocenters. The highest BCUT2D eigenvalue weighted by Crippen LogP contribution is 2.38. The molecule has 24 heavy (non-hydrogen) atoms. The molecule has 0 spiro atoms. The first-order valence-corrected chi connectivity index (χ1v) is 8.45. The minimum Gasteiger partial charge on any atom is -0.481 e. The summed E-state index contributed by atoms with van der Waals surface area (Å²) < 4.78 is 28.0. The molecule has 0 aromatic heterocycles. The lowest BCUT2D eigenvalue weighted by atomic mass is 9.72. The minimum atomic E-state index is -0.969. The number of benzene rings is 1. The van der Waals surface area contributed by atoms with Crippen molar-refractivity contribution in [2.75, 3.05) is 0 Å². The van der Waals surface area contributed by atoms with Crippen LogP contribution < -0.4 is 0 Å². The van der Waals surface area contributed by atoms with Crippen molar-refractivity contribution >= 4 is 11.9 Å². The number of amides is 1. The van der Waals surface area contributed by atoms with Crippen LogP contribution >= 0.6 is 0 Å². The highest BCUT2D eigenvalue weighted by molar-refractivity contribution is 5.86. The van der Waals surface area contributed by atoms with Gasteiger partial charge in [-0.1, -0.05) is 18.9 Å². The predicted octanol–water partition coefficient (Wildman–Crippen LogP) is 3.35. The zero-order chi connectivity index (χ0) is 17.3. The SMILES string of the molecule is O=C(O)C1CCC1C(=O)N(Cc1c(F)cccc1F)C1CCCC1. The fourth-order valence-electron chi connectivity index (χ4n) is 3.76. The number of aliphatic carboxylic acids is 1. The Labute approximate surface area is 139 Å². The third-order valence-electron chi connectivity index (χ3n) is 5.35. The van der Waals surface area contributed by atoms with Crippen molar-refractivity contribution in [1.82, 2.24) is 4.90 Å². The average molecular weight is 337 g/mol. The standard InChI is InChI=1S/C18H21F2NO3/c19-15-6-3-7-16(20)14(15)10-21(11-4-1-2-5-11)17(22)12-8-9-13(12)18(23)24/h3,6-7,11-13H,1-2,4-5,8-10H2,(H,23,24). The Morgan fingerprint density at radius 3 is 2.12 bits per heavy atom. The van der Waals surface area contributed by atoms with Gasteiger partial charge in [-0.3, -0.25) is 9.59 Å². The molecule has 0 saturated heterocycles. The van der Waals surface area contributed by atoms with E-state index in [0.717, 1.165) is 25.7 Å². The van der Waals surface area contributed by atoms with Crippen molar-refractivity contribution in [2.45, 2.75) is 51.1 Å². The number of rotatable bonds is 5. The maximum atomic E-state index is 14.0. The van der Waals surface area contributed by atoms with Gasteiger partial charge in [0.15, 0.2) is 0 Å². The first-order valence-electron chi connectivity index (χ1n) is 8.45. The molecule has 1 aromatic carbocycles. The Kier molecular flexibility index (Phi) is 4.83. The fourth-order valence-corrected chi connectivity index (χ4v) is 3.76. The Morgan fingerprint density at radius 2 is 1.62 bits per heavy atom. The molecule has 130 valence electrons. The number of hydrogen-bond donors (Lipinski definition) is 1. The summed E-state index contributed by atoms with van der Waals surface area (Å²) in [4.78, 5) is 25.6. The van der Waals surface area contributed by atoms with E-state index in [0.29, 0.717) is 12.8 Å². The molecule has 2 saturated carbocycles. The van der Waals surface area contributed by atoms with Gasteiger partial charge in [0.1, 0.15) is 11.6 Å². The monoisotopic (exact) mass is 337 g/mol. The van der Waals surface area contributed by atoms with E-state index in [4.69, 9.17) is 0 Å². The summed E-state index contributed by atoms with van der Waals surface area (Å²) in [5.74, 6) is -3.83. The third kappa shape index (κ3) is 3.14. The van der Waals surface area contributed by atoms with Crippen LogP contribution in [-0.2, 0) is 16.1 Å². The molecule has 2 unspecified atom stereocenters. The Balaban J connectivity index is 1.84. The molecular formula is C18H21F2NO3. The van der Waals surface area contributed by atoms with Gasteiger partial charge in [0.25, 0.3) is 0 Å². The molecule has 0 bridgehead atoms. The zero-order valence-electron chi connectivity index (χ0n) is 13.4. The van der Waals surface area contributed by atoms with E-state index >= 15 is 0 Å². The number of carbonyl (C=O) groups is 2. The van der Waals surface area contributed by atoms with Crippen LogP contribution in [-0.4, -0.2) is 27.9 Å². The molecule has 1 amide bonds. The second kappa shape index (κ2) is 6.87. The van der Waals surface area contributed by atoms with Crippen LogP contribution in [0.25, 0.3) is 0 Å². The van der Waals surface area contributed by atoms with E-state index < -0.39 is 29.4 Å². The molecule has 0 aliphatic heterocycles. The second-order valence-corrected chi connectivity index (χ2v) is 6.73. The molecule has 2 aliphatic rings. The van der Waals surface area contributed by atoms with E-state index in [1.807, 2.05) is 0 Å². The number of halogens is 2. The van der Waals surface area contributed by atoms with Crippen LogP contribution in [0.15, 0.2) is 18.2 Å². The number of carboxylic acids is 1. The first kappa shape index (κ1) is 16.9. The number of carbonyl (C=O) groups excluding carboxylic acids is 1. The van der Waals surface area contributed by atoms with Crippen molar-refractivity contribution in [2.24, 2.45) is 11.8 Å². The molecule has 0 radical (unpaired) electrons. The van der Waals surface area contributed by atoms with Crippen LogP contribution in [0.1, 0.15) is 44.1 Å². The number of carboxylic acid groups (broad SMARTS) is 1. The molecule has 0 heterocycles. The van der Waals surface area contributed by atoms with Gasteiger partial charge in [-0.05, 0) is 37.8 Å². The van der Waals surface area contributed by atoms with E-state index in [1.54, 1.807) is 0 Å². The van der Waals surface area contributed by atoms with E-state index in [9.17, 15) is 23.5 Å². The van der Waals surface area contributed by atoms with Gasteiger partial charge in [0.05, 0.1) is 18.4 Å². The Hall–Kier alpha value is -1.98. The van der Waals surface area contributed by atoms with Gasteiger partial charge in [0, 0.05) is 11.6 Å². The van der Waals surface area contributed by atoms with E-state index in [2.05, 4.69) is 0 Å². The molecular weight excluding hydrogens is 316 g/mol. The van der Waals surface area contributed by atoms with Gasteiger partial charge in [-0.2, -0.15) is 0 Å². The molecule has 2 fully saturated rings. The van der Waals surface area contributed by atoms with Crippen LogP contribution in [0.5, 0.6) is 0 Å². The number of nitrogens with zero attached hydrogens (tertiary/aromatic N) is 1. The zero-order valence-corrected chi connectivity index (χ0v) is 13.4. The molecule has 4 nitrogen and oxygen atoms in total. The van der Waals surface area contributed by atoms with Gasteiger partial charge in [0.2, 0.25) is 5.91 Å². The van der Waals surface area contributed by atoms with Gasteiger partial charge >= 0.3 is 5.97 Å². The lowest BCUT2D eigenvalue weighted by Gasteiger charge is -2.39. The van der Waals surface area contributed by atoms with Crippen LogP contribution in [0.3, 0.4) is 0 Å². The third-order valence-corrected chi connectivity index (χ3v) is 5.35. The average Bonchev–Trinajstić information content (AvgIpc) is 2.99. The van der Waals surface area contributed by atoms with Gasteiger partial charge in [-0.25, -0.2) is 8.78 Å². The largest absolute Gasteiger partial charge is 0.481 e. The van der Waals surface area contributed by atoms with Crippen molar-refractivity contribution in [3.05, 3.63) is 35.4 Å². The maximum Gasteiger partial charge on any atom is 0.307 e. The predicted molar refractivity (Wildman–Crippen MR) is 83.0 cm³/mol. The summed E-state index contributed by atoms with van der Waals surface area (Å²) in [5, 5.41) is 9.19. The lowest BCUT2D eigenvalue weighted by Crippen LogP contribution is -2.49. The lowest BCUT2D eigenvalue weighted by molar-refractivity contribution is -0.158. The van der Waals surface area contributed by atoms with Crippen LogP contribution in [0, 0.1) is 23.5 Å². The second-order valence-electron chi connectivity index (χ2n) is 6.73. The smallest absolute Gasteiger partial charge is 0.307 e. The van der Waals surface area contributed by atoms with Crippen LogP contribution in [0.2, 0.25) is 0 Å².